The van der Waals surface area contributed by atoms with E-state index in [9.17, 15) is 0 Å². The summed E-state index contributed by atoms with van der Waals surface area (Å²) in [5.41, 5.74) is 2.87. The first-order chi connectivity index (χ1) is 9.63. The molecule has 0 bridgehead atoms. The monoisotopic (exact) mass is 309 g/mol. The Hall–Kier alpha value is -1.58. The van der Waals surface area contributed by atoms with Crippen LogP contribution in [0.25, 0.3) is 0 Å². The van der Waals surface area contributed by atoms with Crippen molar-refractivity contribution in [3.05, 3.63) is 51.5 Å². The fourth-order valence-electron chi connectivity index (χ4n) is 2.03. The maximum absolute atomic E-state index is 6.20. The van der Waals surface area contributed by atoms with Crippen molar-refractivity contribution >= 4 is 28.9 Å². The second kappa shape index (κ2) is 5.43. The van der Waals surface area contributed by atoms with Crippen LogP contribution < -0.4 is 14.8 Å². The molecule has 0 saturated carbocycles. The van der Waals surface area contributed by atoms with Gasteiger partial charge in [0.05, 0.1) is 10.7 Å². The van der Waals surface area contributed by atoms with Gasteiger partial charge in [-0.2, -0.15) is 0 Å². The van der Waals surface area contributed by atoms with Crippen molar-refractivity contribution in [3.8, 4) is 11.5 Å². The van der Waals surface area contributed by atoms with Crippen LogP contribution in [0.3, 0.4) is 0 Å². The molecule has 0 aromatic heterocycles. The van der Waals surface area contributed by atoms with Gasteiger partial charge in [0.15, 0.2) is 11.5 Å². The summed E-state index contributed by atoms with van der Waals surface area (Å²) in [6, 6.07) is 9.55. The summed E-state index contributed by atoms with van der Waals surface area (Å²) in [4.78, 5) is 0. The van der Waals surface area contributed by atoms with Crippen LogP contribution in [0.2, 0.25) is 10.0 Å². The third-order valence-electron chi connectivity index (χ3n) is 3.17. The van der Waals surface area contributed by atoms with Gasteiger partial charge in [0.2, 0.25) is 6.79 Å². The second-order valence-electron chi connectivity index (χ2n) is 4.62. The van der Waals surface area contributed by atoms with E-state index < -0.39 is 0 Å². The number of hydrogen-bond donors (Lipinski definition) is 1. The zero-order chi connectivity index (χ0) is 14.1. The van der Waals surface area contributed by atoms with Gasteiger partial charge >= 0.3 is 0 Å². The molecule has 1 aliphatic heterocycles. The molecule has 20 heavy (non-hydrogen) atoms. The fourth-order valence-corrected chi connectivity index (χ4v) is 2.48. The van der Waals surface area contributed by atoms with E-state index >= 15 is 0 Å². The lowest BCUT2D eigenvalue weighted by Gasteiger charge is -2.11. The number of halogens is 2. The van der Waals surface area contributed by atoms with Crippen LogP contribution in [0, 0.1) is 6.92 Å². The second-order valence-corrected chi connectivity index (χ2v) is 5.44. The van der Waals surface area contributed by atoms with Gasteiger partial charge in [0.25, 0.3) is 0 Å². The minimum Gasteiger partial charge on any atom is -0.454 e. The lowest BCUT2D eigenvalue weighted by atomic mass is 10.2. The number of rotatable bonds is 3. The maximum Gasteiger partial charge on any atom is 0.231 e. The van der Waals surface area contributed by atoms with Crippen LogP contribution in [-0.4, -0.2) is 6.79 Å². The molecule has 2 aromatic carbocycles. The van der Waals surface area contributed by atoms with Crippen LogP contribution >= 0.6 is 23.2 Å². The Morgan fingerprint density at radius 3 is 2.70 bits per heavy atom. The molecule has 2 aromatic rings. The molecule has 3 nitrogen and oxygen atoms in total. The van der Waals surface area contributed by atoms with E-state index in [-0.39, 0.29) is 6.79 Å². The lowest BCUT2D eigenvalue weighted by molar-refractivity contribution is 0.174. The van der Waals surface area contributed by atoms with Crippen molar-refractivity contribution < 1.29 is 9.47 Å². The highest BCUT2D eigenvalue weighted by Crippen LogP contribution is 2.33. The third-order valence-corrected chi connectivity index (χ3v) is 3.89. The predicted molar refractivity (Wildman–Crippen MR) is 81.1 cm³/mol. The van der Waals surface area contributed by atoms with Gasteiger partial charge in [-0.1, -0.05) is 29.3 Å². The van der Waals surface area contributed by atoms with E-state index in [2.05, 4.69) is 5.32 Å². The summed E-state index contributed by atoms with van der Waals surface area (Å²) >= 11 is 12.3. The van der Waals surface area contributed by atoms with Crippen LogP contribution in [0.4, 0.5) is 5.69 Å². The van der Waals surface area contributed by atoms with Crippen LogP contribution in [0.15, 0.2) is 30.3 Å². The smallest absolute Gasteiger partial charge is 0.231 e. The van der Waals surface area contributed by atoms with Crippen LogP contribution in [0.5, 0.6) is 11.5 Å². The van der Waals surface area contributed by atoms with Gasteiger partial charge in [-0.05, 0) is 42.3 Å². The first-order valence-electron chi connectivity index (χ1n) is 6.21. The van der Waals surface area contributed by atoms with Crippen molar-refractivity contribution in [3.63, 3.8) is 0 Å². The standard InChI is InChI=1S/C15H13Cl2NO2/c1-9-4-12(17)13(6-11(9)16)18-7-10-2-3-14-15(5-10)20-8-19-14/h2-6,18H,7-8H2,1H3. The topological polar surface area (TPSA) is 30.5 Å². The van der Waals surface area contributed by atoms with Crippen molar-refractivity contribution in [1.82, 2.24) is 0 Å². The minimum absolute atomic E-state index is 0.283. The minimum atomic E-state index is 0.283. The van der Waals surface area contributed by atoms with Crippen LogP contribution in [0.1, 0.15) is 11.1 Å². The quantitative estimate of drug-likeness (QED) is 0.895. The van der Waals surface area contributed by atoms with Gasteiger partial charge in [-0.15, -0.1) is 0 Å². The normalized spacial score (nSPS) is 12.6. The molecule has 0 aliphatic carbocycles. The Morgan fingerprint density at radius 2 is 1.85 bits per heavy atom. The van der Waals surface area contributed by atoms with Gasteiger partial charge in [0.1, 0.15) is 0 Å². The molecule has 5 heteroatoms. The number of aryl methyl sites for hydroxylation is 1. The molecule has 0 unspecified atom stereocenters. The Morgan fingerprint density at radius 1 is 1.05 bits per heavy atom. The molecule has 1 heterocycles. The molecule has 0 atom stereocenters. The average Bonchev–Trinajstić information content (AvgIpc) is 2.89. The van der Waals surface area contributed by atoms with Crippen molar-refractivity contribution in [2.75, 3.05) is 12.1 Å². The summed E-state index contributed by atoms with van der Waals surface area (Å²) in [6.45, 7) is 2.84. The summed E-state index contributed by atoms with van der Waals surface area (Å²) < 4.78 is 10.6. The molecule has 0 spiro atoms. The first-order valence-corrected chi connectivity index (χ1v) is 6.97. The highest BCUT2D eigenvalue weighted by Gasteiger charge is 2.13. The summed E-state index contributed by atoms with van der Waals surface area (Å²) in [5.74, 6) is 1.56. The molecule has 1 aliphatic rings. The molecule has 0 saturated heterocycles. The number of hydrogen-bond acceptors (Lipinski definition) is 3. The van der Waals surface area contributed by atoms with Gasteiger partial charge < -0.3 is 14.8 Å². The van der Waals surface area contributed by atoms with Gasteiger partial charge in [0, 0.05) is 11.6 Å². The first kappa shape index (κ1) is 13.4. The van der Waals surface area contributed by atoms with E-state index in [1.54, 1.807) is 0 Å². The fraction of sp³-hybridized carbons (Fsp3) is 0.200. The van der Waals surface area contributed by atoms with E-state index in [1.807, 2.05) is 37.3 Å². The molecule has 0 fully saturated rings. The van der Waals surface area contributed by atoms with E-state index in [4.69, 9.17) is 32.7 Å². The van der Waals surface area contributed by atoms with Crippen molar-refractivity contribution in [2.45, 2.75) is 13.5 Å². The van der Waals surface area contributed by atoms with Crippen molar-refractivity contribution in [2.24, 2.45) is 0 Å². The molecule has 0 amide bonds. The zero-order valence-electron chi connectivity index (χ0n) is 10.9. The summed E-state index contributed by atoms with van der Waals surface area (Å²) in [5, 5.41) is 4.63. The highest BCUT2D eigenvalue weighted by atomic mass is 35.5. The molecule has 1 N–H and O–H groups in total. The number of benzene rings is 2. The number of nitrogens with one attached hydrogen (secondary N) is 1. The predicted octanol–water partition coefficient (Wildman–Crippen LogP) is 4.64. The van der Waals surface area contributed by atoms with E-state index in [0.717, 1.165) is 28.3 Å². The molecule has 104 valence electrons. The largest absolute Gasteiger partial charge is 0.454 e. The molecule has 0 radical (unpaired) electrons. The lowest BCUT2D eigenvalue weighted by Crippen LogP contribution is -2.00. The number of fused-ring (bicyclic) bond motifs is 1. The van der Waals surface area contributed by atoms with Gasteiger partial charge in [-0.25, -0.2) is 0 Å². The van der Waals surface area contributed by atoms with Crippen molar-refractivity contribution in [1.29, 1.82) is 0 Å². The Bertz CT molecular complexity index is 659. The Labute approximate surface area is 127 Å². The average molecular weight is 310 g/mol. The Balaban J connectivity index is 1.75. The van der Waals surface area contributed by atoms with Gasteiger partial charge in [-0.3, -0.25) is 0 Å². The molecule has 3 rings (SSSR count). The molecular formula is C15H13Cl2NO2. The number of anilines is 1. The maximum atomic E-state index is 6.20. The van der Waals surface area contributed by atoms with E-state index in [1.165, 1.54) is 0 Å². The third kappa shape index (κ3) is 2.65. The summed E-state index contributed by atoms with van der Waals surface area (Å²) in [7, 11) is 0. The number of ether oxygens (including phenoxy) is 2. The molecular weight excluding hydrogens is 297 g/mol. The highest BCUT2D eigenvalue weighted by molar-refractivity contribution is 6.35. The zero-order valence-corrected chi connectivity index (χ0v) is 12.4. The summed E-state index contributed by atoms with van der Waals surface area (Å²) in [6.07, 6.45) is 0. The van der Waals surface area contributed by atoms with Crippen LogP contribution in [-0.2, 0) is 6.54 Å². The van der Waals surface area contributed by atoms with E-state index in [0.29, 0.717) is 16.6 Å². The SMILES string of the molecule is Cc1cc(Cl)c(NCc2ccc3c(c2)OCO3)cc1Cl. The Kier molecular flexibility index (Phi) is 3.64.